The summed E-state index contributed by atoms with van der Waals surface area (Å²) in [6.07, 6.45) is -0.750. The minimum atomic E-state index is -1.11. The molecule has 1 aliphatic rings. The van der Waals surface area contributed by atoms with E-state index in [2.05, 4.69) is 5.32 Å². The summed E-state index contributed by atoms with van der Waals surface area (Å²) >= 11 is 0. The number of aliphatic carboxylic acids is 1. The first-order valence-corrected chi connectivity index (χ1v) is 6.60. The molecule has 0 spiro atoms. The Morgan fingerprint density at radius 2 is 2.14 bits per heavy atom. The second-order valence-electron chi connectivity index (χ2n) is 4.87. The van der Waals surface area contributed by atoms with Gasteiger partial charge in [-0.25, -0.2) is 9.59 Å². The summed E-state index contributed by atoms with van der Waals surface area (Å²) in [6, 6.07) is 5.74. The highest BCUT2D eigenvalue weighted by atomic mass is 16.5. The summed E-state index contributed by atoms with van der Waals surface area (Å²) in [6.45, 7) is 0.247. The molecule has 2 atom stereocenters. The van der Waals surface area contributed by atoms with Gasteiger partial charge in [0.25, 0.3) is 0 Å². The van der Waals surface area contributed by atoms with Crippen molar-refractivity contribution in [3.8, 4) is 5.75 Å². The first kappa shape index (κ1) is 15.1. The number of carbonyl (C=O) groups is 2. The van der Waals surface area contributed by atoms with Gasteiger partial charge >= 0.3 is 12.0 Å². The number of hydrogen-bond donors (Lipinski definition) is 3. The van der Waals surface area contributed by atoms with Crippen LogP contribution in [0.1, 0.15) is 12.0 Å². The normalized spacial score (nSPS) is 21.1. The Morgan fingerprint density at radius 3 is 2.81 bits per heavy atom. The number of likely N-dealkylation sites (tertiary alicyclic amines) is 1. The van der Waals surface area contributed by atoms with Gasteiger partial charge in [0, 0.05) is 25.1 Å². The highest BCUT2D eigenvalue weighted by Gasteiger charge is 2.38. The van der Waals surface area contributed by atoms with Crippen LogP contribution >= 0.6 is 0 Å². The van der Waals surface area contributed by atoms with Crippen LogP contribution in [0, 0.1) is 0 Å². The van der Waals surface area contributed by atoms with Crippen molar-refractivity contribution in [3.63, 3.8) is 0 Å². The van der Waals surface area contributed by atoms with Crippen LogP contribution in [0.4, 0.5) is 4.79 Å². The standard InChI is InChI=1S/C14H18N2O5/c1-21-12-5-3-2-4-9(12)7-15-14(20)16-8-10(17)6-11(16)13(18)19/h2-5,10-11,17H,6-8H2,1H3,(H,15,20)(H,18,19). The van der Waals surface area contributed by atoms with Gasteiger partial charge < -0.3 is 25.2 Å². The van der Waals surface area contributed by atoms with Crippen molar-refractivity contribution in [1.29, 1.82) is 0 Å². The second-order valence-corrected chi connectivity index (χ2v) is 4.87. The molecule has 0 radical (unpaired) electrons. The fourth-order valence-electron chi connectivity index (χ4n) is 2.39. The molecule has 1 heterocycles. The molecule has 1 aliphatic heterocycles. The molecule has 2 rings (SSSR count). The van der Waals surface area contributed by atoms with E-state index in [0.29, 0.717) is 5.75 Å². The third-order valence-corrected chi connectivity index (χ3v) is 3.45. The zero-order valence-corrected chi connectivity index (χ0v) is 11.7. The van der Waals surface area contributed by atoms with E-state index in [9.17, 15) is 14.7 Å². The number of carboxylic acid groups (broad SMARTS) is 1. The van der Waals surface area contributed by atoms with Crippen LogP contribution in [-0.2, 0) is 11.3 Å². The Morgan fingerprint density at radius 1 is 1.43 bits per heavy atom. The summed E-state index contributed by atoms with van der Waals surface area (Å²) in [7, 11) is 1.54. The average Bonchev–Trinajstić information content (AvgIpc) is 2.87. The number of amides is 2. The first-order chi connectivity index (χ1) is 10.0. The number of β-amino-alcohol motifs (C(OH)–C–C–N with tert-alkyl or cyclic N) is 1. The molecule has 21 heavy (non-hydrogen) atoms. The predicted molar refractivity (Wildman–Crippen MR) is 74.0 cm³/mol. The third-order valence-electron chi connectivity index (χ3n) is 3.45. The lowest BCUT2D eigenvalue weighted by atomic mass is 10.2. The second kappa shape index (κ2) is 6.45. The lowest BCUT2D eigenvalue weighted by Crippen LogP contribution is -2.45. The summed E-state index contributed by atoms with van der Waals surface area (Å²) < 4.78 is 5.18. The minimum Gasteiger partial charge on any atom is -0.496 e. The van der Waals surface area contributed by atoms with Crippen molar-refractivity contribution in [3.05, 3.63) is 29.8 Å². The maximum Gasteiger partial charge on any atom is 0.326 e. The quantitative estimate of drug-likeness (QED) is 0.747. The van der Waals surface area contributed by atoms with Gasteiger partial charge in [0.2, 0.25) is 0 Å². The number of ether oxygens (including phenoxy) is 1. The monoisotopic (exact) mass is 294 g/mol. The van der Waals surface area contributed by atoms with E-state index in [1.54, 1.807) is 6.07 Å². The van der Waals surface area contributed by atoms with Gasteiger partial charge in [-0.05, 0) is 6.07 Å². The highest BCUT2D eigenvalue weighted by molar-refractivity contribution is 5.83. The number of aliphatic hydroxyl groups is 1. The van der Waals surface area contributed by atoms with Gasteiger partial charge in [-0.3, -0.25) is 0 Å². The van der Waals surface area contributed by atoms with E-state index in [4.69, 9.17) is 9.84 Å². The molecular formula is C14H18N2O5. The molecule has 0 saturated carbocycles. The van der Waals surface area contributed by atoms with E-state index in [1.807, 2.05) is 18.2 Å². The number of nitrogens with zero attached hydrogens (tertiary/aromatic N) is 1. The molecule has 7 nitrogen and oxygen atoms in total. The molecular weight excluding hydrogens is 276 g/mol. The molecule has 0 aliphatic carbocycles. The predicted octanol–water partition coefficient (Wildman–Crippen LogP) is 0.425. The first-order valence-electron chi connectivity index (χ1n) is 6.60. The fraction of sp³-hybridized carbons (Fsp3) is 0.429. The van der Waals surface area contributed by atoms with E-state index < -0.39 is 24.1 Å². The number of rotatable bonds is 4. The molecule has 2 unspecified atom stereocenters. The molecule has 1 aromatic carbocycles. The molecule has 114 valence electrons. The van der Waals surface area contributed by atoms with Gasteiger partial charge in [-0.15, -0.1) is 0 Å². The Bertz CT molecular complexity index is 534. The molecule has 1 aromatic rings. The van der Waals surface area contributed by atoms with Crippen LogP contribution in [0.25, 0.3) is 0 Å². The largest absolute Gasteiger partial charge is 0.496 e. The Kier molecular flexibility index (Phi) is 4.64. The molecule has 0 aromatic heterocycles. The van der Waals surface area contributed by atoms with Crippen molar-refractivity contribution in [2.75, 3.05) is 13.7 Å². The van der Waals surface area contributed by atoms with Crippen LogP contribution in [-0.4, -0.2) is 52.9 Å². The lowest BCUT2D eigenvalue weighted by molar-refractivity contribution is -0.141. The van der Waals surface area contributed by atoms with Crippen molar-refractivity contribution in [2.45, 2.75) is 25.1 Å². The number of nitrogens with one attached hydrogen (secondary N) is 1. The molecule has 3 N–H and O–H groups in total. The number of carboxylic acids is 1. The van der Waals surface area contributed by atoms with Gasteiger partial charge in [0.15, 0.2) is 0 Å². The van der Waals surface area contributed by atoms with Gasteiger partial charge in [-0.1, -0.05) is 18.2 Å². The maximum absolute atomic E-state index is 12.1. The van der Waals surface area contributed by atoms with Crippen LogP contribution < -0.4 is 10.1 Å². The zero-order valence-electron chi connectivity index (χ0n) is 11.7. The number of para-hydroxylation sites is 1. The summed E-state index contributed by atoms with van der Waals surface area (Å²) in [5.41, 5.74) is 0.792. The van der Waals surface area contributed by atoms with E-state index >= 15 is 0 Å². The minimum absolute atomic E-state index is 0.0225. The average molecular weight is 294 g/mol. The van der Waals surface area contributed by atoms with Gasteiger partial charge in [-0.2, -0.15) is 0 Å². The van der Waals surface area contributed by atoms with Crippen molar-refractivity contribution >= 4 is 12.0 Å². The number of carbonyl (C=O) groups excluding carboxylic acids is 1. The van der Waals surface area contributed by atoms with Crippen LogP contribution in [0.2, 0.25) is 0 Å². The van der Waals surface area contributed by atoms with Gasteiger partial charge in [0.05, 0.1) is 13.2 Å². The fourth-order valence-corrected chi connectivity index (χ4v) is 2.39. The van der Waals surface area contributed by atoms with E-state index in [-0.39, 0.29) is 19.5 Å². The van der Waals surface area contributed by atoms with E-state index in [1.165, 1.54) is 7.11 Å². The Balaban J connectivity index is 2.00. The maximum atomic E-state index is 12.1. The number of hydrogen-bond acceptors (Lipinski definition) is 4. The molecule has 7 heteroatoms. The number of urea groups is 1. The molecule has 0 bridgehead atoms. The smallest absolute Gasteiger partial charge is 0.326 e. The Hall–Kier alpha value is -2.28. The Labute approximate surface area is 122 Å². The van der Waals surface area contributed by atoms with Crippen molar-refractivity contribution in [2.24, 2.45) is 0 Å². The molecule has 1 saturated heterocycles. The van der Waals surface area contributed by atoms with E-state index in [0.717, 1.165) is 10.5 Å². The topological polar surface area (TPSA) is 99.1 Å². The SMILES string of the molecule is COc1ccccc1CNC(=O)N1CC(O)CC1C(=O)O. The van der Waals surface area contributed by atoms with Crippen molar-refractivity contribution in [1.82, 2.24) is 10.2 Å². The summed E-state index contributed by atoms with van der Waals surface area (Å²) in [5.74, 6) is -0.465. The van der Waals surface area contributed by atoms with Crippen LogP contribution in [0.5, 0.6) is 5.75 Å². The van der Waals surface area contributed by atoms with Crippen LogP contribution in [0.15, 0.2) is 24.3 Å². The number of methoxy groups -OCH3 is 1. The lowest BCUT2D eigenvalue weighted by Gasteiger charge is -2.21. The molecule has 1 fully saturated rings. The van der Waals surface area contributed by atoms with Crippen molar-refractivity contribution < 1.29 is 24.5 Å². The van der Waals surface area contributed by atoms with Crippen LogP contribution in [0.3, 0.4) is 0 Å². The third kappa shape index (κ3) is 3.43. The summed E-state index contributed by atoms with van der Waals surface area (Å²) in [4.78, 5) is 24.3. The summed E-state index contributed by atoms with van der Waals surface area (Å²) in [5, 5.41) is 21.2. The molecule has 2 amide bonds. The number of benzene rings is 1. The zero-order chi connectivity index (χ0) is 15.4. The number of aliphatic hydroxyl groups excluding tert-OH is 1. The van der Waals surface area contributed by atoms with Gasteiger partial charge in [0.1, 0.15) is 11.8 Å². The highest BCUT2D eigenvalue weighted by Crippen LogP contribution is 2.20.